The maximum atomic E-state index is 13.3. The highest BCUT2D eigenvalue weighted by atomic mass is 16.2. The molecule has 4 heteroatoms. The fourth-order valence-electron chi connectivity index (χ4n) is 4.01. The molecule has 2 fully saturated rings. The molecule has 1 aliphatic heterocycles. The number of carbonyl (C=O) groups is 1. The minimum Gasteiger partial charge on any atom is -0.339 e. The number of likely N-dealkylation sites (tertiary alicyclic amines) is 1. The van der Waals surface area contributed by atoms with Crippen LogP contribution in [0.1, 0.15) is 58.8 Å². The van der Waals surface area contributed by atoms with E-state index in [-0.39, 0.29) is 5.91 Å². The Bertz CT molecular complexity index is 817. The highest BCUT2D eigenvalue weighted by Gasteiger charge is 2.29. The summed E-state index contributed by atoms with van der Waals surface area (Å²) >= 11 is 0. The van der Waals surface area contributed by atoms with Crippen molar-refractivity contribution in [1.29, 1.82) is 0 Å². The zero-order valence-electron chi connectivity index (χ0n) is 15.2. The van der Waals surface area contributed by atoms with Gasteiger partial charge in [-0.15, -0.1) is 0 Å². The minimum absolute atomic E-state index is 0.162. The number of nitrogens with zero attached hydrogens (tertiary/aromatic N) is 2. The molecule has 0 spiro atoms. The molecule has 1 aliphatic carbocycles. The molecule has 2 heterocycles. The molecule has 1 saturated carbocycles. The number of aromatic nitrogens is 1. The number of piperidine rings is 1. The van der Waals surface area contributed by atoms with Crippen molar-refractivity contribution in [1.82, 2.24) is 9.88 Å². The maximum Gasteiger partial charge on any atom is 0.254 e. The maximum absolute atomic E-state index is 13.3. The van der Waals surface area contributed by atoms with Crippen molar-refractivity contribution in [2.24, 2.45) is 11.7 Å². The van der Waals surface area contributed by atoms with Crippen LogP contribution in [0.3, 0.4) is 0 Å². The molecule has 4 nitrogen and oxygen atoms in total. The zero-order chi connectivity index (χ0) is 17.6. The molecule has 1 saturated heterocycles. The second-order valence-corrected chi connectivity index (χ2v) is 7.82. The van der Waals surface area contributed by atoms with Crippen LogP contribution in [0.15, 0.2) is 18.2 Å². The molecule has 0 bridgehead atoms. The van der Waals surface area contributed by atoms with Gasteiger partial charge in [-0.1, -0.05) is 11.6 Å². The van der Waals surface area contributed by atoms with Gasteiger partial charge in [-0.05, 0) is 69.7 Å². The van der Waals surface area contributed by atoms with Gasteiger partial charge in [0, 0.05) is 30.1 Å². The molecule has 0 radical (unpaired) electrons. The number of nitrogens with two attached hydrogens (primary N) is 1. The fourth-order valence-corrected chi connectivity index (χ4v) is 4.01. The number of carbonyl (C=O) groups excluding carboxylic acids is 1. The second-order valence-electron chi connectivity index (χ2n) is 7.82. The van der Waals surface area contributed by atoms with E-state index >= 15 is 0 Å². The highest BCUT2D eigenvalue weighted by Crippen LogP contribution is 2.40. The van der Waals surface area contributed by atoms with Gasteiger partial charge in [-0.25, -0.2) is 0 Å². The van der Waals surface area contributed by atoms with Crippen molar-refractivity contribution in [3.05, 3.63) is 40.6 Å². The third-order valence-corrected chi connectivity index (χ3v) is 5.73. The smallest absolute Gasteiger partial charge is 0.254 e. The Morgan fingerprint density at radius 3 is 2.52 bits per heavy atom. The predicted octanol–water partition coefficient (Wildman–Crippen LogP) is 3.54. The lowest BCUT2D eigenvalue weighted by Gasteiger charge is -2.31. The molecular weight excluding hydrogens is 310 g/mol. The van der Waals surface area contributed by atoms with Crippen LogP contribution in [-0.4, -0.2) is 35.4 Å². The molecule has 132 valence electrons. The average Bonchev–Trinajstić information content (AvgIpc) is 3.45. The highest BCUT2D eigenvalue weighted by molar-refractivity contribution is 6.07. The summed E-state index contributed by atoms with van der Waals surface area (Å²) in [5.41, 5.74) is 11.1. The Labute approximate surface area is 149 Å². The van der Waals surface area contributed by atoms with Crippen LogP contribution in [0, 0.1) is 19.8 Å². The number of benzene rings is 1. The Hall–Kier alpha value is -1.94. The monoisotopic (exact) mass is 337 g/mol. The normalized spacial score (nSPS) is 18.8. The van der Waals surface area contributed by atoms with E-state index in [1.165, 1.54) is 18.4 Å². The number of hydrogen-bond acceptors (Lipinski definition) is 3. The van der Waals surface area contributed by atoms with Gasteiger partial charge in [-0.3, -0.25) is 9.78 Å². The molecule has 25 heavy (non-hydrogen) atoms. The summed E-state index contributed by atoms with van der Waals surface area (Å²) in [5.74, 6) is 1.26. The Balaban J connectivity index is 1.75. The number of pyridine rings is 1. The molecule has 0 atom stereocenters. The van der Waals surface area contributed by atoms with Crippen LogP contribution < -0.4 is 5.73 Å². The number of amides is 1. The molecular formula is C21H27N3O. The van der Waals surface area contributed by atoms with E-state index in [0.29, 0.717) is 11.8 Å². The first-order chi connectivity index (χ1) is 12.1. The van der Waals surface area contributed by atoms with Crippen LogP contribution in [0.25, 0.3) is 10.9 Å². The third-order valence-electron chi connectivity index (χ3n) is 5.73. The van der Waals surface area contributed by atoms with Gasteiger partial charge in [0.15, 0.2) is 0 Å². The van der Waals surface area contributed by atoms with E-state index < -0.39 is 0 Å². The Morgan fingerprint density at radius 2 is 1.88 bits per heavy atom. The van der Waals surface area contributed by atoms with E-state index in [0.717, 1.165) is 60.2 Å². The molecule has 2 N–H and O–H groups in total. The topological polar surface area (TPSA) is 59.2 Å². The van der Waals surface area contributed by atoms with E-state index in [9.17, 15) is 4.79 Å². The SMILES string of the molecule is Cc1cc(C)c2nc(C3CC3)cc(C(=O)N3CCC(CN)CC3)c2c1. The van der Waals surface area contributed by atoms with E-state index in [2.05, 4.69) is 32.0 Å². The predicted molar refractivity (Wildman–Crippen MR) is 101 cm³/mol. The summed E-state index contributed by atoms with van der Waals surface area (Å²) in [7, 11) is 0. The molecule has 1 aromatic heterocycles. The quantitative estimate of drug-likeness (QED) is 0.932. The average molecular weight is 337 g/mol. The van der Waals surface area contributed by atoms with Crippen LogP contribution in [0.4, 0.5) is 0 Å². The fraction of sp³-hybridized carbons (Fsp3) is 0.524. The largest absolute Gasteiger partial charge is 0.339 e. The molecule has 2 aromatic rings. The lowest BCUT2D eigenvalue weighted by atomic mass is 9.95. The second kappa shape index (κ2) is 6.41. The Kier molecular flexibility index (Phi) is 4.24. The van der Waals surface area contributed by atoms with Crippen molar-refractivity contribution < 1.29 is 4.79 Å². The summed E-state index contributed by atoms with van der Waals surface area (Å²) in [5, 5.41) is 1.01. The van der Waals surface area contributed by atoms with Crippen molar-refractivity contribution in [3.8, 4) is 0 Å². The summed E-state index contributed by atoms with van der Waals surface area (Å²) in [6.07, 6.45) is 4.41. The summed E-state index contributed by atoms with van der Waals surface area (Å²) < 4.78 is 0. The molecule has 2 aliphatic rings. The van der Waals surface area contributed by atoms with Crippen LogP contribution in [0.2, 0.25) is 0 Å². The van der Waals surface area contributed by atoms with Crippen molar-refractivity contribution >= 4 is 16.8 Å². The Morgan fingerprint density at radius 1 is 1.16 bits per heavy atom. The first kappa shape index (κ1) is 16.5. The van der Waals surface area contributed by atoms with Gasteiger partial charge in [0.1, 0.15) is 0 Å². The van der Waals surface area contributed by atoms with Gasteiger partial charge in [0.05, 0.1) is 11.1 Å². The number of aryl methyl sites for hydroxylation is 2. The number of hydrogen-bond donors (Lipinski definition) is 1. The standard InChI is InChI=1S/C21H27N3O/c1-13-9-14(2)20-17(10-13)18(11-19(23-20)16-3-4-16)21(25)24-7-5-15(12-22)6-8-24/h9-11,15-16H,3-8,12,22H2,1-2H3. The molecule has 0 unspecified atom stereocenters. The first-order valence-corrected chi connectivity index (χ1v) is 9.48. The van der Waals surface area contributed by atoms with Crippen LogP contribution in [0.5, 0.6) is 0 Å². The lowest BCUT2D eigenvalue weighted by Crippen LogP contribution is -2.40. The molecule has 4 rings (SSSR count). The van der Waals surface area contributed by atoms with Gasteiger partial charge in [0.2, 0.25) is 0 Å². The lowest BCUT2D eigenvalue weighted by molar-refractivity contribution is 0.0695. The molecule has 1 aromatic carbocycles. The van der Waals surface area contributed by atoms with Gasteiger partial charge in [-0.2, -0.15) is 0 Å². The summed E-state index contributed by atoms with van der Waals surface area (Å²) in [6.45, 7) is 6.54. The van der Waals surface area contributed by atoms with E-state index in [1.54, 1.807) is 0 Å². The number of rotatable bonds is 3. The third kappa shape index (κ3) is 3.15. The van der Waals surface area contributed by atoms with Gasteiger partial charge in [0.25, 0.3) is 5.91 Å². The summed E-state index contributed by atoms with van der Waals surface area (Å²) in [6, 6.07) is 6.34. The number of fused-ring (bicyclic) bond motifs is 1. The van der Waals surface area contributed by atoms with Gasteiger partial charge >= 0.3 is 0 Å². The van der Waals surface area contributed by atoms with Crippen LogP contribution in [-0.2, 0) is 0 Å². The van der Waals surface area contributed by atoms with Crippen molar-refractivity contribution in [2.45, 2.75) is 45.4 Å². The summed E-state index contributed by atoms with van der Waals surface area (Å²) in [4.78, 5) is 20.2. The minimum atomic E-state index is 0.162. The van der Waals surface area contributed by atoms with Crippen molar-refractivity contribution in [2.75, 3.05) is 19.6 Å². The van der Waals surface area contributed by atoms with E-state index in [4.69, 9.17) is 10.7 Å². The zero-order valence-corrected chi connectivity index (χ0v) is 15.2. The van der Waals surface area contributed by atoms with Crippen LogP contribution >= 0.6 is 0 Å². The van der Waals surface area contributed by atoms with Gasteiger partial charge < -0.3 is 10.6 Å². The molecule has 1 amide bonds. The van der Waals surface area contributed by atoms with Crippen molar-refractivity contribution in [3.63, 3.8) is 0 Å². The van der Waals surface area contributed by atoms with E-state index in [1.807, 2.05) is 4.90 Å². The first-order valence-electron chi connectivity index (χ1n) is 9.48.